The SMILES string of the molecule is COc1cccnc1-c1cccc(O)c1F. The molecule has 0 aliphatic rings. The van der Waals surface area contributed by atoms with Crippen molar-refractivity contribution in [2.75, 3.05) is 7.11 Å². The molecule has 16 heavy (non-hydrogen) atoms. The summed E-state index contributed by atoms with van der Waals surface area (Å²) in [6, 6.07) is 7.77. The number of nitrogens with zero attached hydrogens (tertiary/aromatic N) is 1. The summed E-state index contributed by atoms with van der Waals surface area (Å²) >= 11 is 0. The maximum atomic E-state index is 13.7. The fraction of sp³-hybridized carbons (Fsp3) is 0.0833. The lowest BCUT2D eigenvalue weighted by Crippen LogP contribution is -1.93. The van der Waals surface area contributed by atoms with E-state index < -0.39 is 11.6 Å². The lowest BCUT2D eigenvalue weighted by Gasteiger charge is -2.08. The van der Waals surface area contributed by atoms with Crippen molar-refractivity contribution in [2.45, 2.75) is 0 Å². The van der Waals surface area contributed by atoms with Crippen LogP contribution in [0.2, 0.25) is 0 Å². The third kappa shape index (κ3) is 1.69. The summed E-state index contributed by atoms with van der Waals surface area (Å²) in [5.74, 6) is -0.628. The van der Waals surface area contributed by atoms with Crippen molar-refractivity contribution < 1.29 is 14.2 Å². The Balaban J connectivity index is 2.63. The number of halogens is 1. The Morgan fingerprint density at radius 1 is 1.25 bits per heavy atom. The van der Waals surface area contributed by atoms with Crippen molar-refractivity contribution in [2.24, 2.45) is 0 Å². The molecule has 0 amide bonds. The van der Waals surface area contributed by atoms with Crippen LogP contribution in [0.4, 0.5) is 4.39 Å². The van der Waals surface area contributed by atoms with Crippen molar-refractivity contribution in [3.05, 3.63) is 42.3 Å². The first kappa shape index (κ1) is 10.4. The number of aromatic nitrogens is 1. The fourth-order valence-corrected chi connectivity index (χ4v) is 1.46. The average molecular weight is 219 g/mol. The number of phenols is 1. The Bertz CT molecular complexity index is 514. The van der Waals surface area contributed by atoms with E-state index in [1.54, 1.807) is 30.5 Å². The second-order valence-electron chi connectivity index (χ2n) is 3.19. The molecule has 1 heterocycles. The molecule has 1 aromatic heterocycles. The molecular weight excluding hydrogens is 209 g/mol. The fourth-order valence-electron chi connectivity index (χ4n) is 1.46. The van der Waals surface area contributed by atoms with Gasteiger partial charge in [-0.25, -0.2) is 4.39 Å². The number of pyridine rings is 1. The normalized spacial score (nSPS) is 10.1. The van der Waals surface area contributed by atoms with Gasteiger partial charge in [0.15, 0.2) is 11.6 Å². The number of methoxy groups -OCH3 is 1. The molecular formula is C12H10FNO2. The maximum Gasteiger partial charge on any atom is 0.174 e. The number of hydrogen-bond acceptors (Lipinski definition) is 3. The third-order valence-electron chi connectivity index (χ3n) is 2.22. The van der Waals surface area contributed by atoms with Crippen molar-refractivity contribution in [3.63, 3.8) is 0 Å². The molecule has 82 valence electrons. The third-order valence-corrected chi connectivity index (χ3v) is 2.22. The van der Waals surface area contributed by atoms with Crippen LogP contribution >= 0.6 is 0 Å². The van der Waals surface area contributed by atoms with Gasteiger partial charge in [0.2, 0.25) is 0 Å². The standard InChI is InChI=1S/C12H10FNO2/c1-16-10-6-3-7-14-12(10)8-4-2-5-9(15)11(8)13/h2-7,15H,1H3. The molecule has 0 radical (unpaired) electrons. The second kappa shape index (κ2) is 4.18. The monoisotopic (exact) mass is 219 g/mol. The van der Waals surface area contributed by atoms with Crippen LogP contribution in [0.25, 0.3) is 11.3 Å². The topological polar surface area (TPSA) is 42.4 Å². The summed E-state index contributed by atoms with van der Waals surface area (Å²) in [5.41, 5.74) is 0.593. The molecule has 0 spiro atoms. The Labute approximate surface area is 92.1 Å². The van der Waals surface area contributed by atoms with E-state index in [4.69, 9.17) is 4.74 Å². The number of ether oxygens (including phenoxy) is 1. The largest absolute Gasteiger partial charge is 0.505 e. The average Bonchev–Trinajstić information content (AvgIpc) is 2.33. The molecule has 0 bridgehead atoms. The van der Waals surface area contributed by atoms with Gasteiger partial charge in [-0.3, -0.25) is 4.98 Å². The smallest absolute Gasteiger partial charge is 0.174 e. The number of phenolic OH excluding ortho intramolecular Hbond substituents is 1. The zero-order chi connectivity index (χ0) is 11.5. The molecule has 1 N–H and O–H groups in total. The van der Waals surface area contributed by atoms with Gasteiger partial charge < -0.3 is 9.84 Å². The van der Waals surface area contributed by atoms with E-state index in [-0.39, 0.29) is 5.56 Å². The van der Waals surface area contributed by atoms with Gasteiger partial charge in [-0.2, -0.15) is 0 Å². The van der Waals surface area contributed by atoms with Crippen LogP contribution in [0.5, 0.6) is 11.5 Å². The summed E-state index contributed by atoms with van der Waals surface area (Å²) in [4.78, 5) is 4.05. The van der Waals surface area contributed by atoms with E-state index in [0.717, 1.165) is 0 Å². The van der Waals surface area contributed by atoms with Crippen molar-refractivity contribution in [3.8, 4) is 22.8 Å². The quantitative estimate of drug-likeness (QED) is 0.844. The first-order valence-electron chi connectivity index (χ1n) is 4.71. The van der Waals surface area contributed by atoms with Crippen LogP contribution < -0.4 is 4.74 Å². The summed E-state index contributed by atoms with van der Waals surface area (Å²) in [7, 11) is 1.49. The molecule has 0 fully saturated rings. The highest BCUT2D eigenvalue weighted by Crippen LogP contribution is 2.32. The summed E-state index contributed by atoms with van der Waals surface area (Å²) in [6.45, 7) is 0. The van der Waals surface area contributed by atoms with Crippen LogP contribution in [0.1, 0.15) is 0 Å². The molecule has 0 aliphatic carbocycles. The van der Waals surface area contributed by atoms with Gasteiger partial charge >= 0.3 is 0 Å². The van der Waals surface area contributed by atoms with Crippen molar-refractivity contribution in [1.29, 1.82) is 0 Å². The van der Waals surface area contributed by atoms with Crippen LogP contribution in [-0.2, 0) is 0 Å². The van der Waals surface area contributed by atoms with Gasteiger partial charge in [-0.1, -0.05) is 6.07 Å². The Morgan fingerprint density at radius 2 is 2.06 bits per heavy atom. The van der Waals surface area contributed by atoms with Crippen LogP contribution in [0.3, 0.4) is 0 Å². The van der Waals surface area contributed by atoms with Crippen LogP contribution in [0, 0.1) is 5.82 Å². The zero-order valence-corrected chi connectivity index (χ0v) is 8.64. The zero-order valence-electron chi connectivity index (χ0n) is 8.64. The van der Waals surface area contributed by atoms with E-state index in [2.05, 4.69) is 4.98 Å². The van der Waals surface area contributed by atoms with Gasteiger partial charge in [0.25, 0.3) is 0 Å². The highest BCUT2D eigenvalue weighted by atomic mass is 19.1. The molecule has 0 atom stereocenters. The predicted octanol–water partition coefficient (Wildman–Crippen LogP) is 2.60. The summed E-state index contributed by atoms with van der Waals surface area (Å²) in [5, 5.41) is 9.28. The highest BCUT2D eigenvalue weighted by molar-refractivity contribution is 5.68. The summed E-state index contributed by atoms with van der Waals surface area (Å²) in [6.07, 6.45) is 1.54. The van der Waals surface area contributed by atoms with Crippen molar-refractivity contribution in [1.82, 2.24) is 4.98 Å². The molecule has 0 saturated heterocycles. The minimum atomic E-state index is -0.695. The van der Waals surface area contributed by atoms with Crippen LogP contribution in [-0.4, -0.2) is 17.2 Å². The van der Waals surface area contributed by atoms with Crippen LogP contribution in [0.15, 0.2) is 36.5 Å². The highest BCUT2D eigenvalue weighted by Gasteiger charge is 2.13. The lowest BCUT2D eigenvalue weighted by atomic mass is 10.1. The molecule has 0 saturated carbocycles. The number of aromatic hydroxyl groups is 1. The molecule has 4 heteroatoms. The molecule has 1 aromatic carbocycles. The Kier molecular flexibility index (Phi) is 2.72. The van der Waals surface area contributed by atoms with Gasteiger partial charge in [-0.15, -0.1) is 0 Å². The Morgan fingerprint density at radius 3 is 2.81 bits per heavy atom. The Hall–Kier alpha value is -2.10. The van der Waals surface area contributed by atoms with Crippen molar-refractivity contribution >= 4 is 0 Å². The van der Waals surface area contributed by atoms with Gasteiger partial charge in [-0.05, 0) is 24.3 Å². The van der Waals surface area contributed by atoms with E-state index in [0.29, 0.717) is 11.4 Å². The molecule has 0 aliphatic heterocycles. The van der Waals surface area contributed by atoms with E-state index in [9.17, 15) is 9.50 Å². The predicted molar refractivity (Wildman–Crippen MR) is 57.8 cm³/mol. The minimum Gasteiger partial charge on any atom is -0.505 e. The van der Waals surface area contributed by atoms with Gasteiger partial charge in [0, 0.05) is 11.8 Å². The number of benzene rings is 1. The summed E-state index contributed by atoms with van der Waals surface area (Å²) < 4.78 is 18.7. The van der Waals surface area contributed by atoms with E-state index in [1.807, 2.05) is 0 Å². The molecule has 2 rings (SSSR count). The van der Waals surface area contributed by atoms with E-state index >= 15 is 0 Å². The first-order chi connectivity index (χ1) is 7.74. The molecule has 2 aromatic rings. The second-order valence-corrected chi connectivity index (χ2v) is 3.19. The molecule has 3 nitrogen and oxygen atoms in total. The number of hydrogen-bond donors (Lipinski definition) is 1. The lowest BCUT2D eigenvalue weighted by molar-refractivity contribution is 0.413. The van der Waals surface area contributed by atoms with Gasteiger partial charge in [0.1, 0.15) is 11.4 Å². The molecule has 0 unspecified atom stereocenters. The number of rotatable bonds is 2. The van der Waals surface area contributed by atoms with Gasteiger partial charge in [0.05, 0.1) is 7.11 Å². The maximum absolute atomic E-state index is 13.7. The van der Waals surface area contributed by atoms with E-state index in [1.165, 1.54) is 13.2 Å². The first-order valence-corrected chi connectivity index (χ1v) is 4.71. The minimum absolute atomic E-state index is 0.220.